The minimum Gasteiger partial charge on any atom is -0.761 e. The average Bonchev–Trinajstić information content (AvgIpc) is 3.83. The minimum atomic E-state index is -4.45. The number of carbonyl (C=O) groups is 1. The van der Waals surface area contributed by atoms with Gasteiger partial charge in [-0.2, -0.15) is 0 Å². The molecule has 0 aliphatic carbocycles. The molecule has 4 N–H and O–H groups in total. The van der Waals surface area contributed by atoms with Crippen molar-refractivity contribution in [3.8, 4) is 11.5 Å². The number of fused-ring (bicyclic) bond motifs is 1. The van der Waals surface area contributed by atoms with E-state index in [2.05, 4.69) is 29.8 Å². The fraction of sp³-hybridized carbons (Fsp3) is 0.366. The number of carbonyl (C=O) groups excluding carboxylic acids is 1. The Morgan fingerprint density at radius 3 is 2.51 bits per heavy atom. The van der Waals surface area contributed by atoms with E-state index in [0.29, 0.717) is 86.2 Å². The zero-order valence-corrected chi connectivity index (χ0v) is 33.6. The number of halogens is 3. The van der Waals surface area contributed by atoms with E-state index in [1.54, 1.807) is 53.6 Å². The smallest absolute Gasteiger partial charge is 0.268 e. The van der Waals surface area contributed by atoms with Crippen molar-refractivity contribution in [2.75, 3.05) is 79.6 Å². The molecular weight excluding hydrogens is 806 g/mol. The number of ether oxygens (including phenoxy) is 2. The van der Waals surface area contributed by atoms with Crippen LogP contribution in [0.1, 0.15) is 29.6 Å². The quantitative estimate of drug-likeness (QED) is 0.0906. The van der Waals surface area contributed by atoms with E-state index in [4.69, 9.17) is 21.1 Å². The number of aromatic nitrogens is 2. The molecule has 5 heterocycles. The molecule has 0 spiro atoms. The number of hydrogen-bond acceptors (Lipinski definition) is 12. The molecule has 0 radical (unpaired) electrons. The van der Waals surface area contributed by atoms with Crippen molar-refractivity contribution in [3.05, 3.63) is 101 Å². The predicted octanol–water partition coefficient (Wildman–Crippen LogP) is 6.91. The van der Waals surface area contributed by atoms with Crippen molar-refractivity contribution in [1.29, 1.82) is 0 Å². The summed E-state index contributed by atoms with van der Waals surface area (Å²) < 4.78 is 70.4. The maximum absolute atomic E-state index is 14.7. The summed E-state index contributed by atoms with van der Waals surface area (Å²) in [5.41, 5.74) is 4.30. The van der Waals surface area contributed by atoms with Gasteiger partial charge in [0.25, 0.3) is 21.9 Å². The maximum atomic E-state index is 14.7. The molecule has 2 aromatic heterocycles. The normalized spacial score (nSPS) is 18.9. The van der Waals surface area contributed by atoms with Crippen LogP contribution in [-0.4, -0.2) is 100 Å². The molecule has 3 aliphatic rings. The van der Waals surface area contributed by atoms with E-state index in [1.165, 1.54) is 30.5 Å². The fourth-order valence-corrected chi connectivity index (χ4v) is 9.05. The Kier molecular flexibility index (Phi) is 11.8. The molecule has 3 aliphatic heterocycles. The molecule has 5 aromatic rings. The van der Waals surface area contributed by atoms with Crippen molar-refractivity contribution in [2.45, 2.75) is 36.1 Å². The molecule has 0 bridgehead atoms. The SMILES string of the molecule is O=C(NS(=O)(=O)c1ccc(NCC2CCOCC2)c(N[O-])c1)c1ccc(N2CCN(C[C@@H]3CC(F)(F)CN3c3ccc(Cl)cc3)CC2)cc1Oc1cnc2[nH]ccc2c1. The van der Waals surface area contributed by atoms with Gasteiger partial charge in [-0.25, -0.2) is 26.9 Å². The molecule has 8 rings (SSSR count). The third kappa shape index (κ3) is 9.49. The number of piperazine rings is 1. The van der Waals surface area contributed by atoms with Gasteiger partial charge in [0.15, 0.2) is 0 Å². The van der Waals surface area contributed by atoms with Crippen LogP contribution in [0.5, 0.6) is 11.5 Å². The lowest BCUT2D eigenvalue weighted by atomic mass is 10.0. The van der Waals surface area contributed by atoms with E-state index >= 15 is 0 Å². The molecule has 1 atom stereocenters. The first-order valence-electron chi connectivity index (χ1n) is 19.5. The van der Waals surface area contributed by atoms with Gasteiger partial charge in [-0.3, -0.25) is 9.69 Å². The van der Waals surface area contributed by atoms with Crippen LogP contribution in [0.25, 0.3) is 11.0 Å². The second-order valence-corrected chi connectivity index (χ2v) is 17.3. The summed E-state index contributed by atoms with van der Waals surface area (Å²) in [4.78, 5) is 27.0. The lowest BCUT2D eigenvalue weighted by molar-refractivity contribution is 0.0209. The second-order valence-electron chi connectivity index (χ2n) is 15.2. The molecule has 3 aromatic carbocycles. The number of anilines is 4. The monoisotopic (exact) mass is 849 g/mol. The third-order valence-corrected chi connectivity index (χ3v) is 12.7. The van der Waals surface area contributed by atoms with E-state index in [0.717, 1.165) is 23.9 Å². The Hall–Kier alpha value is -5.20. The van der Waals surface area contributed by atoms with Crippen LogP contribution >= 0.6 is 11.6 Å². The van der Waals surface area contributed by atoms with E-state index in [1.807, 2.05) is 11.5 Å². The Morgan fingerprint density at radius 2 is 1.75 bits per heavy atom. The van der Waals surface area contributed by atoms with Gasteiger partial charge in [-0.05, 0) is 85.5 Å². The van der Waals surface area contributed by atoms with Crippen LogP contribution < -0.4 is 30.1 Å². The van der Waals surface area contributed by atoms with Gasteiger partial charge in [0.05, 0.1) is 28.9 Å². The van der Waals surface area contributed by atoms with Gasteiger partial charge >= 0.3 is 0 Å². The highest BCUT2D eigenvalue weighted by atomic mass is 35.5. The number of alkyl halides is 2. The summed E-state index contributed by atoms with van der Waals surface area (Å²) in [7, 11) is -4.45. The number of sulfonamides is 1. The number of pyridine rings is 1. The summed E-state index contributed by atoms with van der Waals surface area (Å²) >= 11 is 6.06. The Morgan fingerprint density at radius 1 is 0.983 bits per heavy atom. The fourth-order valence-electron chi connectivity index (χ4n) is 7.93. The summed E-state index contributed by atoms with van der Waals surface area (Å²) in [5.74, 6) is -2.98. The highest BCUT2D eigenvalue weighted by Gasteiger charge is 2.45. The Balaban J connectivity index is 0.979. The first-order valence-corrected chi connectivity index (χ1v) is 21.3. The van der Waals surface area contributed by atoms with Crippen molar-refractivity contribution in [2.24, 2.45) is 5.92 Å². The van der Waals surface area contributed by atoms with E-state index in [9.17, 15) is 27.2 Å². The van der Waals surface area contributed by atoms with Crippen LogP contribution in [0, 0.1) is 11.1 Å². The highest BCUT2D eigenvalue weighted by Crippen LogP contribution is 2.37. The Bertz CT molecular complexity index is 2390. The van der Waals surface area contributed by atoms with Crippen molar-refractivity contribution < 1.29 is 31.5 Å². The maximum Gasteiger partial charge on any atom is 0.268 e. The van der Waals surface area contributed by atoms with Crippen LogP contribution in [0.3, 0.4) is 0 Å². The summed E-state index contributed by atoms with van der Waals surface area (Å²) in [6.07, 6.45) is 4.75. The predicted molar refractivity (Wildman–Crippen MR) is 224 cm³/mol. The molecule has 312 valence electrons. The van der Waals surface area contributed by atoms with Gasteiger partial charge in [0, 0.05) is 105 Å². The second kappa shape index (κ2) is 17.2. The molecule has 3 fully saturated rings. The molecule has 0 unspecified atom stereocenters. The van der Waals surface area contributed by atoms with Gasteiger partial charge in [-0.1, -0.05) is 11.6 Å². The lowest BCUT2D eigenvalue weighted by Gasteiger charge is -2.38. The van der Waals surface area contributed by atoms with Crippen LogP contribution in [0.15, 0.2) is 90.1 Å². The number of aromatic amines is 1. The van der Waals surface area contributed by atoms with Crippen LogP contribution in [0.2, 0.25) is 5.02 Å². The average molecular weight is 850 g/mol. The van der Waals surface area contributed by atoms with E-state index in [-0.39, 0.29) is 40.9 Å². The van der Waals surface area contributed by atoms with Crippen molar-refractivity contribution in [1.82, 2.24) is 19.6 Å². The van der Waals surface area contributed by atoms with Gasteiger partial charge < -0.3 is 40.3 Å². The molecule has 14 nitrogen and oxygen atoms in total. The van der Waals surface area contributed by atoms with Crippen molar-refractivity contribution >= 4 is 61.3 Å². The van der Waals surface area contributed by atoms with Gasteiger partial charge in [-0.15, -0.1) is 0 Å². The van der Waals surface area contributed by atoms with Gasteiger partial charge in [0.2, 0.25) is 0 Å². The summed E-state index contributed by atoms with van der Waals surface area (Å²) in [5, 5.41) is 16.4. The zero-order chi connectivity index (χ0) is 41.1. The molecule has 1 amide bonds. The topological polar surface area (TPSA) is 167 Å². The van der Waals surface area contributed by atoms with Crippen LogP contribution in [-0.2, 0) is 14.8 Å². The number of amides is 1. The minimum absolute atomic E-state index is 0.0218. The van der Waals surface area contributed by atoms with E-state index < -0.39 is 21.9 Å². The summed E-state index contributed by atoms with van der Waals surface area (Å²) in [6.45, 7) is 4.37. The number of hydrogen-bond donors (Lipinski definition) is 4. The highest BCUT2D eigenvalue weighted by molar-refractivity contribution is 7.90. The standard InChI is InChI=1S/C41H44ClF2N8O6S/c42-29-1-3-30(4-2-29)52-26-41(43,44)22-32(52)25-50-13-15-51(16-14-50)31-5-7-35(38(20-31)58-33-19-28-9-12-45-39(28)47-24-33)40(53)49-59(55,56)34-6-8-36(37(21-34)48-54)46-23-27-10-17-57-18-11-27/h1-9,12,19-21,24,27,32,46,48H,10-11,13-18,22-23,25-26H2,(H,45,47)(H,49,53)/q-1/t32-/m0/s1. The Labute approximate surface area is 345 Å². The number of H-pyrrole nitrogens is 1. The molecule has 18 heteroatoms. The molecular formula is C41H44ClF2N8O6S-. The van der Waals surface area contributed by atoms with Gasteiger partial charge in [0.1, 0.15) is 17.1 Å². The lowest BCUT2D eigenvalue weighted by Crippen LogP contribution is -2.50. The first-order chi connectivity index (χ1) is 28.4. The largest absolute Gasteiger partial charge is 0.761 e. The number of benzene rings is 3. The van der Waals surface area contributed by atoms with Crippen LogP contribution in [0.4, 0.5) is 31.5 Å². The number of rotatable bonds is 13. The zero-order valence-electron chi connectivity index (χ0n) is 32.0. The third-order valence-electron chi connectivity index (χ3n) is 11.1. The molecule has 0 saturated carbocycles. The molecule has 3 saturated heterocycles. The first kappa shape index (κ1) is 40.6. The summed E-state index contributed by atoms with van der Waals surface area (Å²) in [6, 6.07) is 19.0. The molecule has 59 heavy (non-hydrogen) atoms. The van der Waals surface area contributed by atoms with Crippen molar-refractivity contribution in [3.63, 3.8) is 0 Å². The number of nitrogens with zero attached hydrogens (tertiary/aromatic N) is 4. The number of nitrogens with one attached hydrogen (secondary N) is 4.